The minimum Gasteiger partial charge on any atom is -0.488 e. The zero-order valence-electron chi connectivity index (χ0n) is 12.8. The molecule has 0 bridgehead atoms. The van der Waals surface area contributed by atoms with Crippen LogP contribution in [0.5, 0.6) is 5.75 Å². The monoisotopic (exact) mass is 291 g/mol. The predicted molar refractivity (Wildman–Crippen MR) is 84.8 cm³/mol. The number of ether oxygens (including phenoxy) is 1. The maximum atomic E-state index is 9.05. The van der Waals surface area contributed by atoms with E-state index in [0.29, 0.717) is 13.1 Å². The minimum atomic E-state index is 0.140. The maximum absolute atomic E-state index is 9.05. The molecule has 5 heteroatoms. The fraction of sp³-hybridized carbons (Fsp3) is 0.562. The summed E-state index contributed by atoms with van der Waals surface area (Å²) < 4.78 is 5.90. The highest BCUT2D eigenvalue weighted by atomic mass is 16.5. The number of aliphatic imine (C=N–C) groups is 1. The van der Waals surface area contributed by atoms with Gasteiger partial charge in [0, 0.05) is 26.1 Å². The highest BCUT2D eigenvalue weighted by Gasteiger charge is 2.22. The smallest absolute Gasteiger partial charge is 0.191 e. The zero-order chi connectivity index (χ0) is 15.1. The fourth-order valence-corrected chi connectivity index (χ4v) is 2.22. The van der Waals surface area contributed by atoms with E-state index in [1.165, 1.54) is 5.56 Å². The predicted octanol–water partition coefficient (Wildman–Crippen LogP) is 1.17. The van der Waals surface area contributed by atoms with Gasteiger partial charge in [-0.3, -0.25) is 4.99 Å². The van der Waals surface area contributed by atoms with Gasteiger partial charge in [-0.05, 0) is 24.5 Å². The third-order valence-corrected chi connectivity index (χ3v) is 3.43. The van der Waals surface area contributed by atoms with Crippen molar-refractivity contribution in [2.24, 2.45) is 10.9 Å². The fourth-order valence-electron chi connectivity index (χ4n) is 2.22. The molecule has 0 radical (unpaired) electrons. The molecule has 1 aromatic rings. The van der Waals surface area contributed by atoms with Gasteiger partial charge in [0.05, 0.1) is 6.54 Å². The highest BCUT2D eigenvalue weighted by molar-refractivity contribution is 5.79. The van der Waals surface area contributed by atoms with Crippen LogP contribution in [0, 0.1) is 5.92 Å². The average Bonchev–Trinajstić information content (AvgIpc) is 2.92. The molecule has 0 spiro atoms. The van der Waals surface area contributed by atoms with Crippen LogP contribution in [0.25, 0.3) is 0 Å². The highest BCUT2D eigenvalue weighted by Crippen LogP contribution is 2.27. The van der Waals surface area contributed by atoms with Crippen molar-refractivity contribution in [3.05, 3.63) is 29.8 Å². The first-order chi connectivity index (χ1) is 10.2. The van der Waals surface area contributed by atoms with Gasteiger partial charge in [0.1, 0.15) is 11.9 Å². The van der Waals surface area contributed by atoms with E-state index in [1.807, 2.05) is 32.0 Å². The van der Waals surface area contributed by atoms with Gasteiger partial charge in [0.15, 0.2) is 5.96 Å². The van der Waals surface area contributed by atoms with Crippen LogP contribution in [-0.4, -0.2) is 43.4 Å². The lowest BCUT2D eigenvalue weighted by Gasteiger charge is -2.16. The van der Waals surface area contributed by atoms with Crippen LogP contribution in [0.15, 0.2) is 29.3 Å². The molecule has 0 fully saturated rings. The third kappa shape index (κ3) is 4.63. The van der Waals surface area contributed by atoms with Crippen LogP contribution in [-0.2, 0) is 6.42 Å². The lowest BCUT2D eigenvalue weighted by Crippen LogP contribution is -2.42. The van der Waals surface area contributed by atoms with Gasteiger partial charge in [0.2, 0.25) is 0 Å². The standard InChI is InChI=1S/C16H25N3O2/c1-3-17-16(18-9-12(2)11-20)19-10-14-8-13-6-4-5-7-15(13)21-14/h4-7,12,14,20H,3,8-11H2,1-2H3,(H2,17,18,19). The second-order valence-corrected chi connectivity index (χ2v) is 5.44. The molecule has 2 rings (SSSR count). The number of nitrogens with one attached hydrogen (secondary N) is 2. The zero-order valence-corrected chi connectivity index (χ0v) is 12.8. The largest absolute Gasteiger partial charge is 0.488 e. The Kier molecular flexibility index (Phi) is 5.87. The van der Waals surface area contributed by atoms with E-state index < -0.39 is 0 Å². The topological polar surface area (TPSA) is 65.9 Å². The van der Waals surface area contributed by atoms with E-state index in [1.54, 1.807) is 0 Å². The summed E-state index contributed by atoms with van der Waals surface area (Å²) in [5, 5.41) is 15.6. The molecule has 3 N–H and O–H groups in total. The summed E-state index contributed by atoms with van der Waals surface area (Å²) in [7, 11) is 0. The molecule has 21 heavy (non-hydrogen) atoms. The number of nitrogens with zero attached hydrogens (tertiary/aromatic N) is 1. The van der Waals surface area contributed by atoms with Crippen LogP contribution in [0.1, 0.15) is 19.4 Å². The van der Waals surface area contributed by atoms with E-state index in [2.05, 4.69) is 21.7 Å². The molecule has 5 nitrogen and oxygen atoms in total. The van der Waals surface area contributed by atoms with Crippen molar-refractivity contribution in [3.63, 3.8) is 0 Å². The molecule has 1 aliphatic heterocycles. The number of hydrogen-bond acceptors (Lipinski definition) is 3. The van der Waals surface area contributed by atoms with E-state index in [4.69, 9.17) is 9.84 Å². The van der Waals surface area contributed by atoms with Crippen molar-refractivity contribution >= 4 is 5.96 Å². The Morgan fingerprint density at radius 3 is 2.95 bits per heavy atom. The Hall–Kier alpha value is -1.75. The first-order valence-corrected chi connectivity index (χ1v) is 7.60. The van der Waals surface area contributed by atoms with Crippen molar-refractivity contribution in [3.8, 4) is 5.75 Å². The summed E-state index contributed by atoms with van der Waals surface area (Å²) in [5.74, 6) is 1.94. The molecule has 0 aliphatic carbocycles. The van der Waals surface area contributed by atoms with Gasteiger partial charge in [-0.1, -0.05) is 25.1 Å². The lowest BCUT2D eigenvalue weighted by atomic mass is 10.1. The van der Waals surface area contributed by atoms with Crippen LogP contribution in [0.2, 0.25) is 0 Å². The molecule has 1 aliphatic rings. The van der Waals surface area contributed by atoms with Crippen LogP contribution in [0.3, 0.4) is 0 Å². The Balaban J connectivity index is 1.83. The quantitative estimate of drug-likeness (QED) is 0.544. The van der Waals surface area contributed by atoms with Crippen LogP contribution < -0.4 is 15.4 Å². The molecule has 1 aromatic carbocycles. The van der Waals surface area contributed by atoms with Crippen molar-refractivity contribution in [2.45, 2.75) is 26.4 Å². The molecule has 2 atom stereocenters. The summed E-state index contributed by atoms with van der Waals surface area (Å²) >= 11 is 0. The first-order valence-electron chi connectivity index (χ1n) is 7.60. The average molecular weight is 291 g/mol. The van der Waals surface area contributed by atoms with Gasteiger partial charge in [-0.2, -0.15) is 0 Å². The van der Waals surface area contributed by atoms with E-state index in [9.17, 15) is 0 Å². The van der Waals surface area contributed by atoms with Crippen molar-refractivity contribution in [1.29, 1.82) is 0 Å². The van der Waals surface area contributed by atoms with Gasteiger partial charge in [-0.25, -0.2) is 0 Å². The first kappa shape index (κ1) is 15.6. The second-order valence-electron chi connectivity index (χ2n) is 5.44. The molecule has 0 aromatic heterocycles. The van der Waals surface area contributed by atoms with Gasteiger partial charge in [0.25, 0.3) is 0 Å². The summed E-state index contributed by atoms with van der Waals surface area (Å²) in [6.07, 6.45) is 1.07. The van der Waals surface area contributed by atoms with Gasteiger partial charge in [-0.15, -0.1) is 0 Å². The number of rotatable bonds is 6. The van der Waals surface area contributed by atoms with Gasteiger partial charge >= 0.3 is 0 Å². The molecular weight excluding hydrogens is 266 g/mol. The molecule has 0 saturated carbocycles. The molecule has 2 unspecified atom stereocenters. The van der Waals surface area contributed by atoms with Crippen LogP contribution in [0.4, 0.5) is 0 Å². The Morgan fingerprint density at radius 2 is 2.24 bits per heavy atom. The summed E-state index contributed by atoms with van der Waals surface area (Å²) in [6, 6.07) is 8.16. The number of fused-ring (bicyclic) bond motifs is 1. The van der Waals surface area contributed by atoms with Crippen molar-refractivity contribution in [1.82, 2.24) is 10.6 Å². The normalized spacial score (nSPS) is 18.8. The summed E-state index contributed by atoms with van der Waals surface area (Å²) in [6.45, 7) is 6.30. The van der Waals surface area contributed by atoms with Crippen LogP contribution >= 0.6 is 0 Å². The number of hydrogen-bond donors (Lipinski definition) is 3. The lowest BCUT2D eigenvalue weighted by molar-refractivity contribution is 0.234. The van der Waals surface area contributed by atoms with Crippen molar-refractivity contribution in [2.75, 3.05) is 26.2 Å². The molecule has 116 valence electrons. The number of aliphatic hydroxyl groups excluding tert-OH is 1. The number of para-hydroxylation sites is 1. The molecule has 0 saturated heterocycles. The van der Waals surface area contributed by atoms with E-state index in [0.717, 1.165) is 24.7 Å². The molecular formula is C16H25N3O2. The van der Waals surface area contributed by atoms with E-state index >= 15 is 0 Å². The number of aliphatic hydroxyl groups is 1. The molecule has 1 heterocycles. The van der Waals surface area contributed by atoms with E-state index in [-0.39, 0.29) is 18.6 Å². The minimum absolute atomic E-state index is 0.140. The second kappa shape index (κ2) is 7.88. The molecule has 0 amide bonds. The van der Waals surface area contributed by atoms with Gasteiger partial charge < -0.3 is 20.5 Å². The number of benzene rings is 1. The SMILES string of the molecule is CCNC(=NCC(C)CO)NCC1Cc2ccccc2O1. The third-order valence-electron chi connectivity index (χ3n) is 3.43. The number of guanidine groups is 1. The van der Waals surface area contributed by atoms with Crippen molar-refractivity contribution < 1.29 is 9.84 Å². The Morgan fingerprint density at radius 1 is 1.43 bits per heavy atom. The maximum Gasteiger partial charge on any atom is 0.191 e. The summed E-state index contributed by atoms with van der Waals surface area (Å²) in [4.78, 5) is 4.47. The Labute approximate surface area is 126 Å². The Bertz CT molecular complexity index is 451. The summed E-state index contributed by atoms with van der Waals surface area (Å²) in [5.41, 5.74) is 1.26.